The molecule has 0 bridgehead atoms. The van der Waals surface area contributed by atoms with Gasteiger partial charge in [-0.25, -0.2) is 0 Å². The van der Waals surface area contributed by atoms with Crippen molar-refractivity contribution in [2.45, 2.75) is 64.5 Å². The van der Waals surface area contributed by atoms with Gasteiger partial charge in [-0.2, -0.15) is 0 Å². The number of hydrogen-bond donors (Lipinski definition) is 3. The molecule has 1 fully saturated rings. The van der Waals surface area contributed by atoms with Crippen molar-refractivity contribution in [2.24, 2.45) is 11.7 Å². The van der Waals surface area contributed by atoms with Crippen molar-refractivity contribution < 1.29 is 4.79 Å². The lowest BCUT2D eigenvalue weighted by Gasteiger charge is -2.18. The lowest BCUT2D eigenvalue weighted by atomic mass is 10.0. The van der Waals surface area contributed by atoms with Gasteiger partial charge in [0.25, 0.3) is 0 Å². The maximum atomic E-state index is 11.7. The van der Waals surface area contributed by atoms with E-state index in [1.807, 2.05) is 13.8 Å². The highest BCUT2D eigenvalue weighted by atomic mass is 16.1. The van der Waals surface area contributed by atoms with E-state index in [2.05, 4.69) is 10.6 Å². The molecule has 4 heteroatoms. The smallest absolute Gasteiger partial charge is 0.224 e. The van der Waals surface area contributed by atoms with Crippen molar-refractivity contribution in [1.29, 1.82) is 0 Å². The van der Waals surface area contributed by atoms with Gasteiger partial charge in [0.05, 0.1) is 0 Å². The molecule has 0 heterocycles. The van der Waals surface area contributed by atoms with Crippen molar-refractivity contribution in [1.82, 2.24) is 10.6 Å². The van der Waals surface area contributed by atoms with Crippen molar-refractivity contribution in [3.8, 4) is 0 Å². The van der Waals surface area contributed by atoms with Crippen molar-refractivity contribution in [2.75, 3.05) is 13.1 Å². The molecule has 4 N–H and O–H groups in total. The Morgan fingerprint density at radius 3 is 2.33 bits per heavy atom. The molecule has 1 amide bonds. The highest BCUT2D eigenvalue weighted by Gasteiger charge is 2.16. The standard InChI is InChI=1S/C14H29N3O/c1-11(12(2)15)14(18)17-10-9-16-13-7-5-3-4-6-8-13/h11-13,16H,3-10,15H2,1-2H3,(H,17,18). The topological polar surface area (TPSA) is 67.2 Å². The molecule has 106 valence electrons. The fourth-order valence-electron chi connectivity index (χ4n) is 2.35. The quantitative estimate of drug-likeness (QED) is 0.496. The van der Waals surface area contributed by atoms with Crippen LogP contribution in [0.25, 0.3) is 0 Å². The monoisotopic (exact) mass is 255 g/mol. The third-order valence-corrected chi connectivity index (χ3v) is 3.91. The molecule has 0 aliphatic heterocycles. The fourth-order valence-corrected chi connectivity index (χ4v) is 2.35. The minimum Gasteiger partial charge on any atom is -0.355 e. The first-order valence-electron chi connectivity index (χ1n) is 7.38. The molecule has 2 unspecified atom stereocenters. The average molecular weight is 255 g/mol. The summed E-state index contributed by atoms with van der Waals surface area (Å²) in [5, 5.41) is 6.48. The molecule has 0 aromatic heterocycles. The summed E-state index contributed by atoms with van der Waals surface area (Å²) in [4.78, 5) is 11.7. The highest BCUT2D eigenvalue weighted by Crippen LogP contribution is 2.16. The molecule has 18 heavy (non-hydrogen) atoms. The van der Waals surface area contributed by atoms with Gasteiger partial charge in [0.2, 0.25) is 5.91 Å². The van der Waals surface area contributed by atoms with Gasteiger partial charge < -0.3 is 16.4 Å². The van der Waals surface area contributed by atoms with E-state index in [1.165, 1.54) is 38.5 Å². The fraction of sp³-hybridized carbons (Fsp3) is 0.929. The van der Waals surface area contributed by atoms with Gasteiger partial charge in [-0.1, -0.05) is 32.6 Å². The summed E-state index contributed by atoms with van der Waals surface area (Å²) in [5.74, 6) is -0.0458. The first-order chi connectivity index (χ1) is 8.61. The van der Waals surface area contributed by atoms with E-state index in [1.54, 1.807) is 0 Å². The van der Waals surface area contributed by atoms with E-state index in [4.69, 9.17) is 5.73 Å². The van der Waals surface area contributed by atoms with E-state index in [0.717, 1.165) is 6.54 Å². The molecule has 0 radical (unpaired) electrons. The second-order valence-electron chi connectivity index (χ2n) is 5.58. The zero-order valence-electron chi connectivity index (χ0n) is 11.9. The molecule has 0 aromatic rings. The summed E-state index contributed by atoms with van der Waals surface area (Å²) in [6, 6.07) is 0.565. The lowest BCUT2D eigenvalue weighted by molar-refractivity contribution is -0.124. The van der Waals surface area contributed by atoms with Crippen LogP contribution in [-0.2, 0) is 4.79 Å². The maximum Gasteiger partial charge on any atom is 0.224 e. The van der Waals surface area contributed by atoms with Crippen LogP contribution in [0, 0.1) is 5.92 Å². The van der Waals surface area contributed by atoms with Crippen LogP contribution in [0.5, 0.6) is 0 Å². The zero-order chi connectivity index (χ0) is 13.4. The van der Waals surface area contributed by atoms with E-state index in [-0.39, 0.29) is 17.9 Å². The second kappa shape index (κ2) is 8.48. The average Bonchev–Trinajstić information content (AvgIpc) is 2.61. The molecule has 2 atom stereocenters. The minimum absolute atomic E-state index is 0.0627. The number of carbonyl (C=O) groups excluding carboxylic acids is 1. The normalized spacial score (nSPS) is 21.1. The van der Waals surface area contributed by atoms with Crippen LogP contribution in [0.1, 0.15) is 52.4 Å². The molecular weight excluding hydrogens is 226 g/mol. The van der Waals surface area contributed by atoms with E-state index in [0.29, 0.717) is 12.6 Å². The molecule has 0 aromatic carbocycles. The number of hydrogen-bond acceptors (Lipinski definition) is 3. The van der Waals surface area contributed by atoms with Gasteiger partial charge in [0, 0.05) is 31.1 Å². The highest BCUT2D eigenvalue weighted by molar-refractivity contribution is 5.78. The van der Waals surface area contributed by atoms with Gasteiger partial charge in [0.1, 0.15) is 0 Å². The van der Waals surface area contributed by atoms with Crippen LogP contribution in [0.15, 0.2) is 0 Å². The lowest BCUT2D eigenvalue weighted by Crippen LogP contribution is -2.42. The predicted molar refractivity (Wildman–Crippen MR) is 75.3 cm³/mol. The summed E-state index contributed by atoms with van der Waals surface area (Å²) in [7, 11) is 0. The maximum absolute atomic E-state index is 11.7. The van der Waals surface area contributed by atoms with Crippen LogP contribution in [-0.4, -0.2) is 31.1 Å². The summed E-state index contributed by atoms with van der Waals surface area (Å²) in [6.45, 7) is 5.31. The Hall–Kier alpha value is -0.610. The van der Waals surface area contributed by atoms with Crippen LogP contribution in [0.4, 0.5) is 0 Å². The van der Waals surface area contributed by atoms with E-state index in [9.17, 15) is 4.79 Å². The minimum atomic E-state index is -0.108. The van der Waals surface area contributed by atoms with Crippen molar-refractivity contribution in [3.05, 3.63) is 0 Å². The van der Waals surface area contributed by atoms with Crippen LogP contribution in [0.3, 0.4) is 0 Å². The van der Waals surface area contributed by atoms with E-state index >= 15 is 0 Å². The van der Waals surface area contributed by atoms with Crippen molar-refractivity contribution >= 4 is 5.91 Å². The van der Waals surface area contributed by atoms with E-state index < -0.39 is 0 Å². The molecule has 1 aliphatic carbocycles. The third-order valence-electron chi connectivity index (χ3n) is 3.91. The number of rotatable bonds is 6. The zero-order valence-corrected chi connectivity index (χ0v) is 11.9. The van der Waals surface area contributed by atoms with Gasteiger partial charge in [0.15, 0.2) is 0 Å². The first-order valence-corrected chi connectivity index (χ1v) is 7.38. The van der Waals surface area contributed by atoms with Crippen LogP contribution in [0.2, 0.25) is 0 Å². The SMILES string of the molecule is CC(N)C(C)C(=O)NCCNC1CCCCCC1. The molecule has 0 spiro atoms. The van der Waals surface area contributed by atoms with Gasteiger partial charge >= 0.3 is 0 Å². The first kappa shape index (κ1) is 15.4. The Bertz CT molecular complexity index is 235. The molecular formula is C14H29N3O. The number of nitrogens with two attached hydrogens (primary N) is 1. The molecule has 1 rings (SSSR count). The molecule has 1 aliphatic rings. The van der Waals surface area contributed by atoms with Gasteiger partial charge in [-0.15, -0.1) is 0 Å². The third kappa shape index (κ3) is 5.83. The number of carbonyl (C=O) groups is 1. The van der Waals surface area contributed by atoms with Crippen LogP contribution < -0.4 is 16.4 Å². The second-order valence-corrected chi connectivity index (χ2v) is 5.58. The number of nitrogens with one attached hydrogen (secondary N) is 2. The summed E-state index contributed by atoms with van der Waals surface area (Å²) in [6.07, 6.45) is 7.99. The summed E-state index contributed by atoms with van der Waals surface area (Å²) < 4.78 is 0. The Morgan fingerprint density at radius 2 is 1.78 bits per heavy atom. The van der Waals surface area contributed by atoms with Gasteiger partial charge in [-0.3, -0.25) is 4.79 Å². The Balaban J connectivity index is 2.08. The predicted octanol–water partition coefficient (Wildman–Crippen LogP) is 1.40. The molecule has 0 saturated heterocycles. The summed E-state index contributed by atoms with van der Waals surface area (Å²) in [5.41, 5.74) is 5.70. The largest absolute Gasteiger partial charge is 0.355 e. The van der Waals surface area contributed by atoms with Crippen LogP contribution >= 0.6 is 0 Å². The Morgan fingerprint density at radius 1 is 1.17 bits per heavy atom. The van der Waals surface area contributed by atoms with Crippen molar-refractivity contribution in [3.63, 3.8) is 0 Å². The molecule has 1 saturated carbocycles. The Kier molecular flexibility index (Phi) is 7.28. The summed E-state index contributed by atoms with van der Waals surface area (Å²) >= 11 is 0. The Labute approximate surface area is 111 Å². The number of amides is 1. The van der Waals surface area contributed by atoms with Gasteiger partial charge in [-0.05, 0) is 19.8 Å². The molecule has 4 nitrogen and oxygen atoms in total.